The molecule has 38 heavy (non-hydrogen) atoms. The van der Waals surface area contributed by atoms with Crippen molar-refractivity contribution in [3.8, 4) is 0 Å². The van der Waals surface area contributed by atoms with Crippen molar-refractivity contribution < 1.29 is 18.0 Å². The lowest BCUT2D eigenvalue weighted by Gasteiger charge is -2.32. The molecule has 9 heteroatoms. The minimum Gasteiger partial charge on any atom is -0.352 e. The van der Waals surface area contributed by atoms with Gasteiger partial charge < -0.3 is 10.2 Å². The second-order valence-electron chi connectivity index (χ2n) is 9.30. The molecule has 0 saturated heterocycles. The van der Waals surface area contributed by atoms with Gasteiger partial charge in [-0.05, 0) is 69.2 Å². The summed E-state index contributed by atoms with van der Waals surface area (Å²) in [7, 11) is -4.08. The fourth-order valence-electron chi connectivity index (χ4n) is 3.79. The quantitative estimate of drug-likeness (QED) is 0.353. The van der Waals surface area contributed by atoms with Gasteiger partial charge in [0.15, 0.2) is 0 Å². The van der Waals surface area contributed by atoms with Gasteiger partial charge in [0.2, 0.25) is 11.8 Å². The van der Waals surface area contributed by atoms with Crippen molar-refractivity contribution in [2.45, 2.75) is 57.6 Å². The average Bonchev–Trinajstić information content (AvgIpc) is 2.91. The van der Waals surface area contributed by atoms with Crippen LogP contribution in [0.1, 0.15) is 38.3 Å². The fourth-order valence-corrected chi connectivity index (χ4v) is 5.36. The van der Waals surface area contributed by atoms with Crippen LogP contribution in [0.4, 0.5) is 5.69 Å². The van der Waals surface area contributed by atoms with E-state index in [1.165, 1.54) is 17.0 Å². The van der Waals surface area contributed by atoms with Gasteiger partial charge in [-0.1, -0.05) is 66.6 Å². The molecule has 0 spiro atoms. The number of amides is 2. The number of carbonyl (C=O) groups is 2. The Hall–Kier alpha value is -3.36. The van der Waals surface area contributed by atoms with Crippen molar-refractivity contribution in [2.24, 2.45) is 0 Å². The first kappa shape index (κ1) is 29.2. The number of halogens is 1. The van der Waals surface area contributed by atoms with E-state index >= 15 is 0 Å². The van der Waals surface area contributed by atoms with E-state index in [4.69, 9.17) is 11.6 Å². The smallest absolute Gasteiger partial charge is 0.264 e. The Morgan fingerprint density at radius 3 is 2.11 bits per heavy atom. The van der Waals surface area contributed by atoms with Crippen LogP contribution in [0.25, 0.3) is 0 Å². The topological polar surface area (TPSA) is 86.8 Å². The molecule has 0 aliphatic carbocycles. The molecule has 0 bridgehead atoms. The summed E-state index contributed by atoms with van der Waals surface area (Å²) >= 11 is 6.04. The lowest BCUT2D eigenvalue weighted by Crippen LogP contribution is -2.52. The van der Waals surface area contributed by atoms with Crippen molar-refractivity contribution in [3.05, 3.63) is 95.0 Å². The maximum atomic E-state index is 13.9. The molecule has 202 valence electrons. The molecule has 0 heterocycles. The Kier molecular flexibility index (Phi) is 9.94. The molecule has 0 aromatic heterocycles. The Balaban J connectivity index is 2.00. The van der Waals surface area contributed by atoms with Crippen LogP contribution in [-0.4, -0.2) is 43.8 Å². The number of carbonyl (C=O) groups excluding carboxylic acids is 2. The maximum Gasteiger partial charge on any atom is 0.264 e. The number of nitrogens with one attached hydrogen (secondary N) is 1. The molecule has 1 N–H and O–H groups in total. The maximum absolute atomic E-state index is 13.9. The van der Waals surface area contributed by atoms with Crippen LogP contribution in [-0.2, 0) is 26.2 Å². The predicted molar refractivity (Wildman–Crippen MR) is 152 cm³/mol. The van der Waals surface area contributed by atoms with E-state index in [2.05, 4.69) is 5.32 Å². The number of benzene rings is 3. The van der Waals surface area contributed by atoms with E-state index in [-0.39, 0.29) is 23.4 Å². The number of hydrogen-bond acceptors (Lipinski definition) is 4. The van der Waals surface area contributed by atoms with Crippen LogP contribution >= 0.6 is 11.6 Å². The Labute approximate surface area is 230 Å². The number of rotatable bonds is 11. The van der Waals surface area contributed by atoms with Crippen LogP contribution < -0.4 is 9.62 Å². The normalized spacial score (nSPS) is 12.9. The third kappa shape index (κ3) is 7.36. The average molecular weight is 556 g/mol. The molecule has 0 saturated carbocycles. The second-order valence-corrected chi connectivity index (χ2v) is 11.6. The molecule has 0 fully saturated rings. The number of hydrogen-bond donors (Lipinski definition) is 1. The van der Waals surface area contributed by atoms with Gasteiger partial charge in [0.25, 0.3) is 10.0 Å². The molecule has 7 nitrogen and oxygen atoms in total. The van der Waals surface area contributed by atoms with Crippen molar-refractivity contribution >= 4 is 39.1 Å². The van der Waals surface area contributed by atoms with Crippen molar-refractivity contribution in [1.82, 2.24) is 10.2 Å². The molecule has 2 atom stereocenters. The molecular weight excluding hydrogens is 522 g/mol. The van der Waals surface area contributed by atoms with Crippen LogP contribution in [0.5, 0.6) is 0 Å². The lowest BCUT2D eigenvalue weighted by molar-refractivity contribution is -0.139. The van der Waals surface area contributed by atoms with E-state index in [0.29, 0.717) is 10.7 Å². The first-order valence-corrected chi connectivity index (χ1v) is 14.3. The monoisotopic (exact) mass is 555 g/mol. The summed E-state index contributed by atoms with van der Waals surface area (Å²) < 4.78 is 28.5. The van der Waals surface area contributed by atoms with Gasteiger partial charge in [-0.15, -0.1) is 0 Å². The van der Waals surface area contributed by atoms with Gasteiger partial charge in [-0.25, -0.2) is 8.42 Å². The Morgan fingerprint density at radius 1 is 0.921 bits per heavy atom. The summed E-state index contributed by atoms with van der Waals surface area (Å²) in [5, 5.41) is 3.47. The van der Waals surface area contributed by atoms with E-state index in [1.807, 2.05) is 20.8 Å². The van der Waals surface area contributed by atoms with Crippen LogP contribution in [0.3, 0.4) is 0 Å². The number of nitrogens with zero attached hydrogens (tertiary/aromatic N) is 2. The molecule has 3 rings (SSSR count). The van der Waals surface area contributed by atoms with E-state index in [1.54, 1.807) is 73.7 Å². The van der Waals surface area contributed by atoms with E-state index in [0.717, 1.165) is 21.9 Å². The van der Waals surface area contributed by atoms with Gasteiger partial charge in [0, 0.05) is 17.6 Å². The van der Waals surface area contributed by atoms with Crippen LogP contribution in [0.15, 0.2) is 83.8 Å². The minimum atomic E-state index is -4.08. The SMILES string of the molecule is CCC(C)NC(=O)C(C)N(Cc1ccc(Cl)cc1)C(=O)CN(c1ccc(C)cc1)S(=O)(=O)c1ccccc1. The summed E-state index contributed by atoms with van der Waals surface area (Å²) in [6, 6.07) is 21.0. The minimum absolute atomic E-state index is 0.0695. The molecule has 0 aliphatic rings. The zero-order valence-corrected chi connectivity index (χ0v) is 23.7. The third-order valence-corrected chi connectivity index (χ3v) is 8.41. The van der Waals surface area contributed by atoms with Gasteiger partial charge in [-0.3, -0.25) is 13.9 Å². The molecule has 0 aliphatic heterocycles. The predicted octanol–water partition coefficient (Wildman–Crippen LogP) is 5.18. The number of aryl methyl sites for hydroxylation is 1. The first-order chi connectivity index (χ1) is 18.0. The third-order valence-electron chi connectivity index (χ3n) is 6.37. The summed E-state index contributed by atoms with van der Waals surface area (Å²) in [5.41, 5.74) is 2.08. The zero-order valence-electron chi connectivity index (χ0n) is 22.1. The molecule has 2 amide bonds. The fraction of sp³-hybridized carbons (Fsp3) is 0.310. The molecule has 2 unspecified atom stereocenters. The van der Waals surface area contributed by atoms with Gasteiger partial charge in [0.1, 0.15) is 12.6 Å². The van der Waals surface area contributed by atoms with E-state index < -0.39 is 28.5 Å². The number of anilines is 1. The number of sulfonamides is 1. The Morgan fingerprint density at radius 2 is 1.53 bits per heavy atom. The highest BCUT2D eigenvalue weighted by molar-refractivity contribution is 7.92. The van der Waals surface area contributed by atoms with E-state index in [9.17, 15) is 18.0 Å². The first-order valence-electron chi connectivity index (χ1n) is 12.5. The van der Waals surface area contributed by atoms with Crippen LogP contribution in [0, 0.1) is 6.92 Å². The van der Waals surface area contributed by atoms with Gasteiger partial charge >= 0.3 is 0 Å². The summed E-state index contributed by atoms with van der Waals surface area (Å²) in [5.74, 6) is -0.818. The van der Waals surface area contributed by atoms with Crippen molar-refractivity contribution in [2.75, 3.05) is 10.8 Å². The van der Waals surface area contributed by atoms with Crippen LogP contribution in [0.2, 0.25) is 5.02 Å². The molecule has 0 radical (unpaired) electrons. The van der Waals surface area contributed by atoms with Gasteiger partial charge in [0.05, 0.1) is 10.6 Å². The lowest BCUT2D eigenvalue weighted by atomic mass is 10.1. The second kappa shape index (κ2) is 12.9. The largest absolute Gasteiger partial charge is 0.352 e. The van der Waals surface area contributed by atoms with Crippen molar-refractivity contribution in [1.29, 1.82) is 0 Å². The standard InChI is InChI=1S/C29H34ClN3O4S/c1-5-22(3)31-29(35)23(4)32(19-24-13-15-25(30)16-14-24)28(34)20-33(26-17-11-21(2)12-18-26)38(36,37)27-9-7-6-8-10-27/h6-18,22-23H,5,19-20H2,1-4H3,(H,31,35). The summed E-state index contributed by atoms with van der Waals surface area (Å²) in [4.78, 5) is 28.4. The molecule has 3 aromatic rings. The summed E-state index contributed by atoms with van der Waals surface area (Å²) in [6.07, 6.45) is 0.736. The highest BCUT2D eigenvalue weighted by atomic mass is 35.5. The zero-order chi connectivity index (χ0) is 27.9. The van der Waals surface area contributed by atoms with Gasteiger partial charge in [-0.2, -0.15) is 0 Å². The Bertz CT molecular complexity index is 1330. The molecule has 3 aromatic carbocycles. The molecular formula is C29H34ClN3O4S. The highest BCUT2D eigenvalue weighted by Gasteiger charge is 2.32. The summed E-state index contributed by atoms with van der Waals surface area (Å²) in [6.45, 7) is 7.03. The van der Waals surface area contributed by atoms with Crippen molar-refractivity contribution in [3.63, 3.8) is 0 Å². The highest BCUT2D eigenvalue weighted by Crippen LogP contribution is 2.25.